The smallest absolute Gasteiger partial charge is 0.160 e. The van der Waals surface area contributed by atoms with E-state index >= 15 is 0 Å². The zero-order valence-corrected chi connectivity index (χ0v) is 26.1. The Balaban J connectivity index is 1.10. The van der Waals surface area contributed by atoms with Gasteiger partial charge in [-0.2, -0.15) is 0 Å². The molecule has 218 valence electrons. The van der Waals surface area contributed by atoms with Crippen LogP contribution >= 0.6 is 11.3 Å². The monoisotopic (exact) mass is 614 g/mol. The molecule has 7 aromatic carbocycles. The van der Waals surface area contributed by atoms with Gasteiger partial charge in [-0.3, -0.25) is 0 Å². The van der Waals surface area contributed by atoms with Gasteiger partial charge < -0.3 is 0 Å². The van der Waals surface area contributed by atoms with Crippen molar-refractivity contribution in [1.82, 2.24) is 9.97 Å². The summed E-state index contributed by atoms with van der Waals surface area (Å²) in [6.45, 7) is 0. The molecule has 0 fully saturated rings. The van der Waals surface area contributed by atoms with Gasteiger partial charge in [0.1, 0.15) is 0 Å². The van der Waals surface area contributed by atoms with Crippen LogP contribution in [-0.4, -0.2) is 9.97 Å². The van der Waals surface area contributed by atoms with E-state index in [0.717, 1.165) is 38.4 Å². The number of benzene rings is 7. The van der Waals surface area contributed by atoms with Crippen LogP contribution in [0.2, 0.25) is 0 Å². The molecule has 0 N–H and O–H groups in total. The van der Waals surface area contributed by atoms with E-state index in [1.54, 1.807) is 11.3 Å². The summed E-state index contributed by atoms with van der Waals surface area (Å²) < 4.78 is 2.35. The molecule has 10 rings (SSSR count). The molecule has 0 unspecified atom stereocenters. The summed E-state index contributed by atoms with van der Waals surface area (Å²) in [7, 11) is 0. The lowest BCUT2D eigenvalue weighted by Crippen LogP contribution is -1.94. The van der Waals surface area contributed by atoms with Crippen molar-refractivity contribution in [2.24, 2.45) is 0 Å². The van der Waals surface area contributed by atoms with Crippen molar-refractivity contribution in [3.8, 4) is 67.2 Å². The van der Waals surface area contributed by atoms with Gasteiger partial charge in [-0.05, 0) is 73.5 Å². The Morgan fingerprint density at radius 3 is 1.79 bits per heavy atom. The summed E-state index contributed by atoms with van der Waals surface area (Å²) in [5, 5.41) is 3.81. The molecule has 1 aliphatic carbocycles. The Bertz CT molecular complexity index is 2660. The minimum atomic E-state index is 0.741. The highest BCUT2D eigenvalue weighted by Gasteiger charge is 2.22. The summed E-state index contributed by atoms with van der Waals surface area (Å²) in [5.74, 6) is 0.741. The van der Waals surface area contributed by atoms with Crippen LogP contribution in [0.15, 0.2) is 158 Å². The van der Waals surface area contributed by atoms with E-state index < -0.39 is 0 Å². The number of nitrogens with zero attached hydrogens (tertiary/aromatic N) is 2. The highest BCUT2D eigenvalue weighted by molar-refractivity contribution is 7.26. The van der Waals surface area contributed by atoms with Crippen LogP contribution in [0.4, 0.5) is 0 Å². The van der Waals surface area contributed by atoms with E-state index in [1.165, 1.54) is 59.8 Å². The van der Waals surface area contributed by atoms with Gasteiger partial charge in [0.25, 0.3) is 0 Å². The lowest BCUT2D eigenvalue weighted by Gasteiger charge is -2.12. The van der Waals surface area contributed by atoms with Crippen molar-refractivity contribution in [3.05, 3.63) is 158 Å². The molecule has 0 aliphatic heterocycles. The molecule has 0 saturated carbocycles. The van der Waals surface area contributed by atoms with E-state index in [-0.39, 0.29) is 0 Å². The first-order valence-corrected chi connectivity index (χ1v) is 16.7. The molecular formula is C44H26N2S. The molecule has 2 nitrogen and oxygen atoms in total. The van der Waals surface area contributed by atoms with Gasteiger partial charge in [0.05, 0.1) is 15.9 Å². The van der Waals surface area contributed by atoms with Gasteiger partial charge in [-0.1, -0.05) is 140 Å². The SMILES string of the molecule is c1ccc(-c2nc(-c3cccc(-c4cccc(-c5ccc6c7c(cccc57)-c5ccccc5-6)c4)c3)nc3c2sc2ccccc23)cc1. The Labute approximate surface area is 276 Å². The van der Waals surface area contributed by atoms with E-state index in [1.807, 2.05) is 6.07 Å². The molecule has 0 bridgehead atoms. The third-order valence-electron chi connectivity index (χ3n) is 9.44. The number of rotatable bonds is 4. The third-order valence-corrected chi connectivity index (χ3v) is 10.6. The average molecular weight is 615 g/mol. The predicted molar refractivity (Wildman–Crippen MR) is 199 cm³/mol. The molecule has 1 aliphatic rings. The molecule has 0 spiro atoms. The Kier molecular flexibility index (Phi) is 5.78. The fourth-order valence-electron chi connectivity index (χ4n) is 7.28. The number of thiophene rings is 1. The van der Waals surface area contributed by atoms with E-state index in [9.17, 15) is 0 Å². The molecule has 9 aromatic rings. The van der Waals surface area contributed by atoms with E-state index in [2.05, 4.69) is 152 Å². The quantitative estimate of drug-likeness (QED) is 0.197. The first-order chi connectivity index (χ1) is 23.3. The van der Waals surface area contributed by atoms with Crippen LogP contribution in [0, 0.1) is 0 Å². The highest BCUT2D eigenvalue weighted by atomic mass is 32.1. The number of hydrogen-bond donors (Lipinski definition) is 0. The van der Waals surface area contributed by atoms with Crippen LogP contribution in [0.3, 0.4) is 0 Å². The fraction of sp³-hybridized carbons (Fsp3) is 0. The molecule has 3 heteroatoms. The second-order valence-corrected chi connectivity index (χ2v) is 13.2. The molecule has 0 amide bonds. The molecule has 47 heavy (non-hydrogen) atoms. The first kappa shape index (κ1) is 26.3. The van der Waals surface area contributed by atoms with Crippen molar-refractivity contribution in [1.29, 1.82) is 0 Å². The Morgan fingerprint density at radius 2 is 0.957 bits per heavy atom. The van der Waals surface area contributed by atoms with Gasteiger partial charge >= 0.3 is 0 Å². The van der Waals surface area contributed by atoms with Crippen LogP contribution < -0.4 is 0 Å². The van der Waals surface area contributed by atoms with Gasteiger partial charge in [0, 0.05) is 21.2 Å². The minimum absolute atomic E-state index is 0.741. The van der Waals surface area contributed by atoms with Crippen LogP contribution in [0.1, 0.15) is 0 Å². The Morgan fingerprint density at radius 1 is 0.383 bits per heavy atom. The molecule has 0 saturated heterocycles. The maximum Gasteiger partial charge on any atom is 0.160 e. The normalized spacial score (nSPS) is 11.8. The second kappa shape index (κ2) is 10.3. The van der Waals surface area contributed by atoms with Gasteiger partial charge in [0.2, 0.25) is 0 Å². The average Bonchev–Trinajstić information content (AvgIpc) is 3.69. The zero-order valence-electron chi connectivity index (χ0n) is 25.3. The maximum absolute atomic E-state index is 5.21. The lowest BCUT2D eigenvalue weighted by molar-refractivity contribution is 1.24. The highest BCUT2D eigenvalue weighted by Crippen LogP contribution is 2.49. The van der Waals surface area contributed by atoms with Gasteiger partial charge in [-0.25, -0.2) is 9.97 Å². The molecular weight excluding hydrogens is 589 g/mol. The summed E-state index contributed by atoms with van der Waals surface area (Å²) in [6, 6.07) is 56.6. The summed E-state index contributed by atoms with van der Waals surface area (Å²) in [6.07, 6.45) is 0. The van der Waals surface area contributed by atoms with Crippen molar-refractivity contribution < 1.29 is 0 Å². The number of hydrogen-bond acceptors (Lipinski definition) is 3. The lowest BCUT2D eigenvalue weighted by atomic mass is 9.92. The minimum Gasteiger partial charge on any atom is -0.226 e. The topological polar surface area (TPSA) is 25.8 Å². The second-order valence-electron chi connectivity index (χ2n) is 12.1. The fourth-order valence-corrected chi connectivity index (χ4v) is 8.43. The Hall–Kier alpha value is -5.90. The van der Waals surface area contributed by atoms with Crippen LogP contribution in [0.25, 0.3) is 98.2 Å². The maximum atomic E-state index is 5.21. The summed E-state index contributed by atoms with van der Waals surface area (Å²) in [5.41, 5.74) is 14.2. The van der Waals surface area contributed by atoms with Gasteiger partial charge in [-0.15, -0.1) is 11.3 Å². The molecule has 2 heterocycles. The largest absolute Gasteiger partial charge is 0.226 e. The predicted octanol–water partition coefficient (Wildman–Crippen LogP) is 12.3. The number of fused-ring (bicyclic) bond motifs is 6. The standard InChI is InChI=1S/C44H26N2S/c1-2-11-27(12-3-1)41-43-42(38-19-6-7-22-39(38)47-43)46-44(45-41)31-16-9-14-29(26-31)28-13-8-15-30(25-28)32-23-24-37-34-18-5-4-17-33(34)36-21-10-20-35(32)40(36)37/h1-26H. The first-order valence-electron chi connectivity index (χ1n) is 15.9. The van der Waals surface area contributed by atoms with Crippen LogP contribution in [-0.2, 0) is 0 Å². The van der Waals surface area contributed by atoms with Crippen molar-refractivity contribution in [2.45, 2.75) is 0 Å². The van der Waals surface area contributed by atoms with E-state index in [4.69, 9.17) is 9.97 Å². The van der Waals surface area contributed by atoms with Gasteiger partial charge in [0.15, 0.2) is 5.82 Å². The summed E-state index contributed by atoms with van der Waals surface area (Å²) in [4.78, 5) is 10.4. The van der Waals surface area contributed by atoms with Crippen LogP contribution in [0.5, 0.6) is 0 Å². The third kappa shape index (κ3) is 4.10. The van der Waals surface area contributed by atoms with Crippen molar-refractivity contribution in [3.63, 3.8) is 0 Å². The van der Waals surface area contributed by atoms with Crippen molar-refractivity contribution >= 4 is 42.4 Å². The summed E-state index contributed by atoms with van der Waals surface area (Å²) >= 11 is 1.76. The molecule has 0 radical (unpaired) electrons. The number of aromatic nitrogens is 2. The van der Waals surface area contributed by atoms with Crippen molar-refractivity contribution in [2.75, 3.05) is 0 Å². The molecule has 2 aromatic heterocycles. The zero-order chi connectivity index (χ0) is 30.9. The molecule has 0 atom stereocenters. The van der Waals surface area contributed by atoms with E-state index in [0.29, 0.717) is 0 Å².